The maximum absolute atomic E-state index is 13.4. The van der Waals surface area contributed by atoms with Crippen LogP contribution in [0, 0.1) is 0 Å². The first-order chi connectivity index (χ1) is 16.0. The molecule has 0 radical (unpaired) electrons. The highest BCUT2D eigenvalue weighted by Crippen LogP contribution is 2.39. The van der Waals surface area contributed by atoms with Crippen molar-refractivity contribution in [3.63, 3.8) is 0 Å². The Hall–Kier alpha value is -3.58. The lowest BCUT2D eigenvalue weighted by molar-refractivity contribution is -0.695. The van der Waals surface area contributed by atoms with Gasteiger partial charge in [0.15, 0.2) is 0 Å². The molecule has 1 N–H and O–H groups in total. The van der Waals surface area contributed by atoms with E-state index in [1.807, 2.05) is 30.2 Å². The van der Waals surface area contributed by atoms with E-state index in [-0.39, 0.29) is 5.57 Å². The molecule has 0 aliphatic carbocycles. The summed E-state index contributed by atoms with van der Waals surface area (Å²) in [6.45, 7) is 3.41. The second-order valence-corrected chi connectivity index (χ2v) is 8.12. The van der Waals surface area contributed by atoms with Crippen LogP contribution in [0.2, 0.25) is 5.02 Å². The second-order valence-electron chi connectivity index (χ2n) is 7.68. The molecule has 0 saturated carbocycles. The Morgan fingerprint density at radius 2 is 1.88 bits per heavy atom. The van der Waals surface area contributed by atoms with Crippen molar-refractivity contribution in [1.29, 1.82) is 0 Å². The number of carbonyl (C=O) groups excluding carboxylic acids is 2. The maximum Gasteiger partial charge on any atom is 0.295 e. The molecule has 7 nitrogen and oxygen atoms in total. The molecule has 170 valence electrons. The number of aromatic nitrogens is 2. The first-order valence-corrected chi connectivity index (χ1v) is 11.1. The van der Waals surface area contributed by atoms with E-state index in [1.165, 1.54) is 4.90 Å². The highest BCUT2D eigenvalue weighted by Gasteiger charge is 2.43. The number of ketones is 1. The van der Waals surface area contributed by atoms with E-state index in [2.05, 4.69) is 4.98 Å². The molecule has 33 heavy (non-hydrogen) atoms. The van der Waals surface area contributed by atoms with Crippen LogP contribution in [0.1, 0.15) is 30.5 Å². The van der Waals surface area contributed by atoms with E-state index >= 15 is 0 Å². The number of aromatic amines is 1. The fraction of sp³-hybridized carbons (Fsp3) is 0.240. The Kier molecular flexibility index (Phi) is 6.79. The number of H-pyrrole nitrogens is 1. The molecule has 1 amide bonds. The Morgan fingerprint density at radius 1 is 1.15 bits per heavy atom. The maximum atomic E-state index is 13.4. The number of Topliss-reactive ketones (excluding diaryl/α,β-unsaturated/α-hetero) is 1. The van der Waals surface area contributed by atoms with Crippen LogP contribution in [0.25, 0.3) is 5.76 Å². The molecule has 1 unspecified atom stereocenters. The predicted molar refractivity (Wildman–Crippen MR) is 121 cm³/mol. The van der Waals surface area contributed by atoms with Crippen molar-refractivity contribution in [2.24, 2.45) is 0 Å². The number of imidazole rings is 1. The van der Waals surface area contributed by atoms with Gasteiger partial charge in [-0.05, 0) is 42.3 Å². The van der Waals surface area contributed by atoms with Gasteiger partial charge >= 0.3 is 0 Å². The first kappa shape index (κ1) is 22.6. The van der Waals surface area contributed by atoms with Gasteiger partial charge in [0.05, 0.1) is 19.2 Å². The van der Waals surface area contributed by atoms with Crippen LogP contribution in [0.4, 0.5) is 0 Å². The van der Waals surface area contributed by atoms with E-state index in [0.29, 0.717) is 48.0 Å². The number of halogens is 1. The van der Waals surface area contributed by atoms with E-state index in [1.54, 1.807) is 48.5 Å². The van der Waals surface area contributed by atoms with Crippen LogP contribution in [0.3, 0.4) is 0 Å². The molecule has 3 aromatic rings. The third-order valence-corrected chi connectivity index (χ3v) is 5.81. The van der Waals surface area contributed by atoms with Gasteiger partial charge in [0.25, 0.3) is 5.91 Å². The molecular weight excluding hydrogens is 442 g/mol. The number of nitrogens with zero attached hydrogens (tertiary/aromatic N) is 2. The van der Waals surface area contributed by atoms with Crippen molar-refractivity contribution in [2.45, 2.75) is 25.9 Å². The molecule has 2 heterocycles. The number of nitrogens with one attached hydrogen (secondary N) is 1. The van der Waals surface area contributed by atoms with E-state index in [0.717, 1.165) is 0 Å². The Labute approximate surface area is 196 Å². The Balaban J connectivity index is 1.71. The molecule has 1 aliphatic heterocycles. The molecule has 1 saturated heterocycles. The molecule has 1 atom stereocenters. The largest absolute Gasteiger partial charge is 0.872 e. The van der Waals surface area contributed by atoms with Crippen LogP contribution >= 0.6 is 11.6 Å². The highest BCUT2D eigenvalue weighted by atomic mass is 35.5. The van der Waals surface area contributed by atoms with E-state index in [4.69, 9.17) is 16.3 Å². The molecule has 1 aromatic heterocycles. The molecule has 1 aliphatic rings. The zero-order valence-corrected chi connectivity index (χ0v) is 18.9. The van der Waals surface area contributed by atoms with Crippen molar-refractivity contribution >= 4 is 29.1 Å². The van der Waals surface area contributed by atoms with Crippen molar-refractivity contribution in [3.8, 4) is 5.75 Å². The van der Waals surface area contributed by atoms with Crippen molar-refractivity contribution in [1.82, 2.24) is 9.88 Å². The van der Waals surface area contributed by atoms with Crippen molar-refractivity contribution in [2.75, 3.05) is 13.2 Å². The summed E-state index contributed by atoms with van der Waals surface area (Å²) in [5.74, 6) is -1.21. The predicted octanol–water partition coefficient (Wildman–Crippen LogP) is 2.67. The summed E-state index contributed by atoms with van der Waals surface area (Å²) in [6.07, 6.45) is 6.15. The average molecular weight is 466 g/mol. The first-order valence-electron chi connectivity index (χ1n) is 10.8. The lowest BCUT2D eigenvalue weighted by Crippen LogP contribution is -2.36. The minimum absolute atomic E-state index is 0.0409. The molecule has 8 heteroatoms. The van der Waals surface area contributed by atoms with Gasteiger partial charge in [-0.1, -0.05) is 41.6 Å². The molecule has 2 aromatic carbocycles. The van der Waals surface area contributed by atoms with E-state index in [9.17, 15) is 14.7 Å². The summed E-state index contributed by atoms with van der Waals surface area (Å²) >= 11 is 5.95. The molecule has 0 bridgehead atoms. The van der Waals surface area contributed by atoms with Gasteiger partial charge in [-0.2, -0.15) is 0 Å². The van der Waals surface area contributed by atoms with Gasteiger partial charge in [0.2, 0.25) is 12.1 Å². The number of likely N-dealkylation sites (tertiary alicyclic amines) is 1. The number of amides is 1. The second kappa shape index (κ2) is 9.92. The zero-order chi connectivity index (χ0) is 23.4. The van der Waals surface area contributed by atoms with Gasteiger partial charge in [0, 0.05) is 23.6 Å². The van der Waals surface area contributed by atoms with Gasteiger partial charge < -0.3 is 14.7 Å². The minimum atomic E-state index is -0.764. The van der Waals surface area contributed by atoms with Crippen molar-refractivity contribution in [3.05, 3.63) is 89.0 Å². The van der Waals surface area contributed by atoms with Crippen LogP contribution in [0.5, 0.6) is 5.75 Å². The zero-order valence-electron chi connectivity index (χ0n) is 18.2. The molecule has 0 spiro atoms. The highest BCUT2D eigenvalue weighted by molar-refractivity contribution is 6.46. The third-order valence-electron chi connectivity index (χ3n) is 5.56. The molecular formula is C25H24ClN3O4. The number of aryl methyl sites for hydroxylation is 1. The number of rotatable bonds is 8. The van der Waals surface area contributed by atoms with Crippen LogP contribution < -0.4 is 14.4 Å². The SMILES string of the molecule is CCOc1ccc(C2C(=C([O-])c3ccc(Cl)cc3)C(=O)C(=O)N2CCC[n+]2cc[nH]c2)cc1. The number of hydrogen-bond acceptors (Lipinski definition) is 4. The quantitative estimate of drug-likeness (QED) is 0.240. The lowest BCUT2D eigenvalue weighted by atomic mass is 9.95. The molecule has 1 fully saturated rings. The summed E-state index contributed by atoms with van der Waals surface area (Å²) in [4.78, 5) is 30.5. The summed E-state index contributed by atoms with van der Waals surface area (Å²) in [6, 6.07) is 12.7. The van der Waals surface area contributed by atoms with Gasteiger partial charge in [-0.3, -0.25) is 14.6 Å². The van der Waals surface area contributed by atoms with Gasteiger partial charge in [-0.25, -0.2) is 4.57 Å². The Bertz CT molecular complexity index is 1160. The van der Waals surface area contributed by atoms with Crippen molar-refractivity contribution < 1.29 is 24.0 Å². The van der Waals surface area contributed by atoms with Gasteiger partial charge in [-0.15, -0.1) is 0 Å². The number of benzene rings is 2. The Morgan fingerprint density at radius 3 is 2.52 bits per heavy atom. The summed E-state index contributed by atoms with van der Waals surface area (Å²) < 4.78 is 7.47. The van der Waals surface area contributed by atoms with Gasteiger partial charge in [0.1, 0.15) is 18.1 Å². The van der Waals surface area contributed by atoms with E-state index < -0.39 is 23.5 Å². The van der Waals surface area contributed by atoms with Crippen LogP contribution in [0.15, 0.2) is 72.8 Å². The number of hydrogen-bond donors (Lipinski definition) is 1. The molecule has 4 rings (SSSR count). The summed E-state index contributed by atoms with van der Waals surface area (Å²) in [5.41, 5.74) is 0.959. The normalized spacial score (nSPS) is 17.5. The van der Waals surface area contributed by atoms with Crippen LogP contribution in [-0.4, -0.2) is 34.7 Å². The number of ether oxygens (including phenoxy) is 1. The smallest absolute Gasteiger partial charge is 0.295 e. The fourth-order valence-electron chi connectivity index (χ4n) is 4.00. The minimum Gasteiger partial charge on any atom is -0.872 e. The standard InChI is InChI=1S/C25H24ClN3O4/c1-2-33-20-10-6-17(7-11-20)22-21(23(30)18-4-8-19(26)9-5-18)24(31)25(32)29(22)14-3-13-28-15-12-27-16-28/h4-12,15-16,22H,2-3,13-14H2,1H3,(H,30,31). The topological polar surface area (TPSA) is 89.3 Å². The fourth-order valence-corrected chi connectivity index (χ4v) is 4.13. The number of carbonyl (C=O) groups is 2. The third kappa shape index (κ3) is 4.78. The monoisotopic (exact) mass is 465 g/mol. The lowest BCUT2D eigenvalue weighted by Gasteiger charge is -2.27. The summed E-state index contributed by atoms with van der Waals surface area (Å²) in [5, 5.41) is 13.8. The summed E-state index contributed by atoms with van der Waals surface area (Å²) in [7, 11) is 0. The average Bonchev–Trinajstić information content (AvgIpc) is 3.42. The van der Waals surface area contributed by atoms with Crippen LogP contribution in [-0.2, 0) is 16.1 Å².